The fourth-order valence-electron chi connectivity index (χ4n) is 3.33. The second kappa shape index (κ2) is 6.41. The van der Waals surface area contributed by atoms with Gasteiger partial charge in [0.25, 0.3) is 5.56 Å². The van der Waals surface area contributed by atoms with E-state index in [4.69, 9.17) is 0 Å². The predicted octanol–water partition coefficient (Wildman–Crippen LogP) is 2.01. The number of nitrogens with zero attached hydrogens (tertiary/aromatic N) is 2. The van der Waals surface area contributed by atoms with Crippen LogP contribution in [0, 0.1) is 0 Å². The Morgan fingerprint density at radius 2 is 1.74 bits per heavy atom. The topological polar surface area (TPSA) is 65.7 Å². The molecule has 5 nitrogen and oxygen atoms in total. The molecule has 2 N–H and O–H groups in total. The van der Waals surface area contributed by atoms with E-state index in [0.717, 1.165) is 17.1 Å². The minimum Gasteiger partial charge on any atom is -0.391 e. The summed E-state index contributed by atoms with van der Waals surface area (Å²) in [6.07, 6.45) is -14.5. The molecule has 0 unspecified atom stereocenters. The highest BCUT2D eigenvalue weighted by Gasteiger charge is 2.50. The second-order valence-electron chi connectivity index (χ2n) is 6.29. The molecule has 148 valence electrons. The molecule has 1 aliphatic heterocycles. The molecule has 3 atom stereocenters. The van der Waals surface area contributed by atoms with Crippen molar-refractivity contribution in [3.05, 3.63) is 46.2 Å². The van der Waals surface area contributed by atoms with Gasteiger partial charge >= 0.3 is 12.4 Å². The molecule has 2 aromatic rings. The maximum Gasteiger partial charge on any atom is 0.417 e. The van der Waals surface area contributed by atoms with E-state index in [9.17, 15) is 41.4 Å². The molecule has 2 heterocycles. The largest absolute Gasteiger partial charge is 0.417 e. The molecule has 0 spiro atoms. The highest BCUT2D eigenvalue weighted by Crippen LogP contribution is 2.35. The predicted molar refractivity (Wildman–Crippen MR) is 82.8 cm³/mol. The molecular formula is C16H14F6N2O3. The summed E-state index contributed by atoms with van der Waals surface area (Å²) in [4.78, 5) is 12.4. The van der Waals surface area contributed by atoms with Crippen molar-refractivity contribution in [2.24, 2.45) is 0 Å². The number of halogens is 6. The summed E-state index contributed by atoms with van der Waals surface area (Å²) in [6, 6.07) is 3.46. The molecule has 27 heavy (non-hydrogen) atoms. The Morgan fingerprint density at radius 3 is 2.33 bits per heavy atom. The van der Waals surface area contributed by atoms with Crippen LogP contribution >= 0.6 is 0 Å². The molecule has 1 aliphatic rings. The van der Waals surface area contributed by atoms with Crippen LogP contribution in [0.25, 0.3) is 10.9 Å². The summed E-state index contributed by atoms with van der Waals surface area (Å²) in [6.45, 7) is -0.451. The number of fused-ring (bicyclic) bond motifs is 1. The lowest BCUT2D eigenvalue weighted by Crippen LogP contribution is -2.54. The average molecular weight is 396 g/mol. The third-order valence-corrected chi connectivity index (χ3v) is 4.46. The number of β-amino-alcohol motifs (C(OH)–C–C–N with tert-alkyl or cyclic N) is 1. The van der Waals surface area contributed by atoms with Gasteiger partial charge < -0.3 is 15.2 Å². The van der Waals surface area contributed by atoms with Crippen molar-refractivity contribution >= 4 is 10.9 Å². The number of hydrogen-bond acceptors (Lipinski definition) is 4. The van der Waals surface area contributed by atoms with Gasteiger partial charge in [-0.15, -0.1) is 0 Å². The van der Waals surface area contributed by atoms with Crippen LogP contribution in [0.3, 0.4) is 0 Å². The summed E-state index contributed by atoms with van der Waals surface area (Å²) in [5.41, 5.74) is -2.70. The van der Waals surface area contributed by atoms with Crippen LogP contribution in [0.2, 0.25) is 0 Å². The number of aliphatic hydroxyl groups is 2. The summed E-state index contributed by atoms with van der Waals surface area (Å²) < 4.78 is 79.2. The second-order valence-corrected chi connectivity index (χ2v) is 6.29. The monoisotopic (exact) mass is 396 g/mol. The quantitative estimate of drug-likeness (QED) is 0.763. The number of alkyl halides is 6. The number of aliphatic hydroxyl groups excluding tert-OH is 2. The Balaban J connectivity index is 2.22. The standard InChI is InChI=1S/C16H14F6N2O3/c17-15(18,19)10-6-13(26)24(11-4-2-1-3-9(10)11)23-7-8(25)5-12(23)14(27)16(20,21)22/h1-4,6,8,12,14,25,27H,5,7H2/t8-,12-,14-/m1/s1. The highest BCUT2D eigenvalue weighted by atomic mass is 19.4. The number of rotatable bonds is 2. The van der Waals surface area contributed by atoms with E-state index < -0.39 is 54.7 Å². The number of hydrogen-bond donors (Lipinski definition) is 2. The Labute approximate surface area is 148 Å². The molecule has 0 amide bonds. The van der Waals surface area contributed by atoms with Gasteiger partial charge in [-0.25, -0.2) is 4.68 Å². The molecule has 1 aromatic carbocycles. The van der Waals surface area contributed by atoms with Crippen LogP contribution in [0.15, 0.2) is 35.1 Å². The van der Waals surface area contributed by atoms with Gasteiger partial charge in [0.15, 0.2) is 6.10 Å². The first-order valence-electron chi connectivity index (χ1n) is 7.83. The Morgan fingerprint density at radius 1 is 1.11 bits per heavy atom. The third-order valence-electron chi connectivity index (χ3n) is 4.46. The molecule has 0 aliphatic carbocycles. The van der Waals surface area contributed by atoms with Gasteiger partial charge in [0.2, 0.25) is 0 Å². The molecule has 11 heteroatoms. The van der Waals surface area contributed by atoms with Crippen LogP contribution < -0.4 is 10.6 Å². The highest BCUT2D eigenvalue weighted by molar-refractivity contribution is 5.83. The molecule has 0 radical (unpaired) electrons. The Bertz CT molecular complexity index is 908. The van der Waals surface area contributed by atoms with E-state index in [1.807, 2.05) is 0 Å². The van der Waals surface area contributed by atoms with Gasteiger partial charge in [-0.05, 0) is 12.5 Å². The first-order chi connectivity index (χ1) is 12.4. The SMILES string of the molecule is O=c1cc(C(F)(F)F)c2ccccc2n1N1C[C@H](O)C[C@@H]1[C@@H](O)C(F)(F)F. The normalized spacial score (nSPS) is 22.4. The van der Waals surface area contributed by atoms with E-state index in [-0.39, 0.29) is 10.9 Å². The minimum absolute atomic E-state index is 0.272. The third kappa shape index (κ3) is 3.48. The van der Waals surface area contributed by atoms with E-state index in [1.165, 1.54) is 12.1 Å². The van der Waals surface area contributed by atoms with Gasteiger partial charge in [0.05, 0.1) is 29.8 Å². The molecule has 1 aromatic heterocycles. The van der Waals surface area contributed by atoms with E-state index in [2.05, 4.69) is 0 Å². The zero-order valence-corrected chi connectivity index (χ0v) is 13.5. The Kier molecular flexibility index (Phi) is 4.63. The van der Waals surface area contributed by atoms with Crippen LogP contribution in [-0.4, -0.2) is 45.9 Å². The Hall–Kier alpha value is -2.27. The van der Waals surface area contributed by atoms with Crippen molar-refractivity contribution in [2.75, 3.05) is 11.6 Å². The zero-order valence-electron chi connectivity index (χ0n) is 13.5. The first kappa shape index (κ1) is 19.5. The van der Waals surface area contributed by atoms with Gasteiger partial charge in [-0.2, -0.15) is 26.3 Å². The van der Waals surface area contributed by atoms with E-state index in [1.54, 1.807) is 0 Å². The maximum absolute atomic E-state index is 13.2. The molecule has 0 saturated carbocycles. The van der Waals surface area contributed by atoms with Crippen molar-refractivity contribution in [2.45, 2.75) is 37.0 Å². The number of pyridine rings is 1. The number of para-hydroxylation sites is 1. The van der Waals surface area contributed by atoms with E-state index >= 15 is 0 Å². The van der Waals surface area contributed by atoms with Gasteiger partial charge in [-0.3, -0.25) is 4.79 Å². The molecule has 3 rings (SSSR count). The fourth-order valence-corrected chi connectivity index (χ4v) is 3.33. The van der Waals surface area contributed by atoms with Crippen LogP contribution in [-0.2, 0) is 6.18 Å². The molecule has 1 fully saturated rings. The van der Waals surface area contributed by atoms with Crippen LogP contribution in [0.4, 0.5) is 26.3 Å². The lowest BCUT2D eigenvalue weighted by molar-refractivity contribution is -0.210. The fraction of sp³-hybridized carbons (Fsp3) is 0.438. The van der Waals surface area contributed by atoms with Gasteiger partial charge in [-0.1, -0.05) is 18.2 Å². The first-order valence-corrected chi connectivity index (χ1v) is 7.83. The smallest absolute Gasteiger partial charge is 0.391 e. The molecule has 1 saturated heterocycles. The van der Waals surface area contributed by atoms with Crippen molar-refractivity contribution < 1.29 is 36.6 Å². The summed E-state index contributed by atoms with van der Waals surface area (Å²) in [5, 5.41) is 19.8. The van der Waals surface area contributed by atoms with Crippen LogP contribution in [0.1, 0.15) is 12.0 Å². The van der Waals surface area contributed by atoms with Crippen molar-refractivity contribution in [3.8, 4) is 0 Å². The van der Waals surface area contributed by atoms with Crippen molar-refractivity contribution in [3.63, 3.8) is 0 Å². The summed E-state index contributed by atoms with van der Waals surface area (Å²) in [7, 11) is 0. The summed E-state index contributed by atoms with van der Waals surface area (Å²) in [5.74, 6) is 0. The maximum atomic E-state index is 13.2. The zero-order chi connectivity index (χ0) is 20.1. The number of aromatic nitrogens is 1. The van der Waals surface area contributed by atoms with Crippen molar-refractivity contribution in [1.82, 2.24) is 4.68 Å². The van der Waals surface area contributed by atoms with Gasteiger partial charge in [0.1, 0.15) is 0 Å². The van der Waals surface area contributed by atoms with Crippen molar-refractivity contribution in [1.29, 1.82) is 0 Å². The van der Waals surface area contributed by atoms with E-state index in [0.29, 0.717) is 10.7 Å². The lowest BCUT2D eigenvalue weighted by Gasteiger charge is -2.33. The van der Waals surface area contributed by atoms with Gasteiger partial charge in [0, 0.05) is 11.5 Å². The molecule has 0 bridgehead atoms. The lowest BCUT2D eigenvalue weighted by atomic mass is 10.1. The summed E-state index contributed by atoms with van der Waals surface area (Å²) >= 11 is 0. The minimum atomic E-state index is -5.03. The average Bonchev–Trinajstić information content (AvgIpc) is 2.92. The van der Waals surface area contributed by atoms with Crippen LogP contribution in [0.5, 0.6) is 0 Å². The number of benzene rings is 1. The molecular weight excluding hydrogens is 382 g/mol.